The van der Waals surface area contributed by atoms with Crippen molar-refractivity contribution in [3.63, 3.8) is 0 Å². The van der Waals surface area contributed by atoms with Gasteiger partial charge >= 0.3 is 0 Å². The fraction of sp³-hybridized carbons (Fsp3) is 0.800. The van der Waals surface area contributed by atoms with Gasteiger partial charge in [0.25, 0.3) is 0 Å². The Hall–Kier alpha value is 0.450. The van der Waals surface area contributed by atoms with Crippen molar-refractivity contribution in [2.24, 2.45) is 0 Å². The largest absolute Gasteiger partial charge is 0.197 e. The Balaban J connectivity index is 3.49. The Labute approximate surface area is 66.3 Å². The van der Waals surface area contributed by atoms with E-state index in [1.807, 2.05) is 6.92 Å². The summed E-state index contributed by atoms with van der Waals surface area (Å²) in [6, 6.07) is 2.09. The lowest BCUT2D eigenvalue weighted by molar-refractivity contribution is 0.877. The normalized spacial score (nSPS) is 16.8. The van der Waals surface area contributed by atoms with Crippen LogP contribution in [0, 0.1) is 11.3 Å². The van der Waals surface area contributed by atoms with Crippen molar-refractivity contribution >= 4 is 31.9 Å². The van der Waals surface area contributed by atoms with Crippen LogP contribution in [-0.2, 0) is 0 Å². The van der Waals surface area contributed by atoms with Crippen molar-refractivity contribution in [1.29, 1.82) is 5.26 Å². The SMILES string of the molecule is CCC(Br)C(Br)C#N. The third-order valence-electron chi connectivity index (χ3n) is 0.831. The number of nitrogens with zero attached hydrogens (tertiary/aromatic N) is 1. The summed E-state index contributed by atoms with van der Waals surface area (Å²) in [5.41, 5.74) is 0. The zero-order valence-electron chi connectivity index (χ0n) is 4.56. The van der Waals surface area contributed by atoms with Crippen LogP contribution in [0.25, 0.3) is 0 Å². The average molecular weight is 241 g/mol. The lowest BCUT2D eigenvalue weighted by Gasteiger charge is -2.03. The summed E-state index contributed by atoms with van der Waals surface area (Å²) in [6.45, 7) is 2.03. The highest BCUT2D eigenvalue weighted by Crippen LogP contribution is 2.15. The van der Waals surface area contributed by atoms with Gasteiger partial charge in [0.1, 0.15) is 4.83 Å². The Morgan fingerprint density at radius 2 is 2.12 bits per heavy atom. The van der Waals surface area contributed by atoms with Gasteiger partial charge in [-0.3, -0.25) is 0 Å². The Bertz CT molecular complexity index is 97.1. The van der Waals surface area contributed by atoms with Gasteiger partial charge in [-0.05, 0) is 6.42 Å². The van der Waals surface area contributed by atoms with Crippen LogP contribution in [0.4, 0.5) is 0 Å². The highest BCUT2D eigenvalue weighted by atomic mass is 79.9. The van der Waals surface area contributed by atoms with Crippen LogP contribution in [0.3, 0.4) is 0 Å². The van der Waals surface area contributed by atoms with Crippen molar-refractivity contribution in [1.82, 2.24) is 0 Å². The molecule has 0 aliphatic carbocycles. The first-order valence-electron chi connectivity index (χ1n) is 2.40. The smallest absolute Gasteiger partial charge is 0.114 e. The second-order valence-corrected chi connectivity index (χ2v) is 3.62. The zero-order valence-corrected chi connectivity index (χ0v) is 7.74. The molecule has 1 nitrogen and oxygen atoms in total. The van der Waals surface area contributed by atoms with Crippen LogP contribution in [0.1, 0.15) is 13.3 Å². The molecule has 0 fully saturated rings. The van der Waals surface area contributed by atoms with E-state index in [2.05, 4.69) is 37.9 Å². The molecule has 3 heteroatoms. The number of rotatable bonds is 2. The van der Waals surface area contributed by atoms with E-state index < -0.39 is 0 Å². The summed E-state index contributed by atoms with van der Waals surface area (Å²) in [7, 11) is 0. The van der Waals surface area contributed by atoms with Gasteiger partial charge in [0.2, 0.25) is 0 Å². The molecule has 8 heavy (non-hydrogen) atoms. The molecule has 0 bridgehead atoms. The second kappa shape index (κ2) is 4.34. The Kier molecular flexibility index (Phi) is 4.58. The lowest BCUT2D eigenvalue weighted by atomic mass is 10.3. The molecule has 2 atom stereocenters. The number of hydrogen-bond acceptors (Lipinski definition) is 1. The molecule has 0 radical (unpaired) electrons. The van der Waals surface area contributed by atoms with Gasteiger partial charge < -0.3 is 0 Å². The minimum atomic E-state index is -0.0486. The molecule has 0 aliphatic heterocycles. The van der Waals surface area contributed by atoms with Crippen molar-refractivity contribution in [2.75, 3.05) is 0 Å². The molecular formula is C5H7Br2N. The molecule has 0 amide bonds. The topological polar surface area (TPSA) is 23.8 Å². The van der Waals surface area contributed by atoms with Crippen molar-refractivity contribution in [2.45, 2.75) is 23.0 Å². The predicted octanol–water partition coefficient (Wildman–Crippen LogP) is 2.45. The number of halogens is 2. The predicted molar refractivity (Wildman–Crippen MR) is 41.3 cm³/mol. The maximum Gasteiger partial charge on any atom is 0.114 e. The van der Waals surface area contributed by atoms with Crippen molar-refractivity contribution in [3.05, 3.63) is 0 Å². The molecule has 0 aromatic heterocycles. The molecule has 46 valence electrons. The summed E-state index contributed by atoms with van der Waals surface area (Å²) in [6.07, 6.45) is 0.976. The van der Waals surface area contributed by atoms with E-state index in [0.717, 1.165) is 6.42 Å². The van der Waals surface area contributed by atoms with Crippen LogP contribution >= 0.6 is 31.9 Å². The van der Waals surface area contributed by atoms with Crippen LogP contribution in [-0.4, -0.2) is 9.65 Å². The molecule has 0 aromatic rings. The van der Waals surface area contributed by atoms with Crippen LogP contribution in [0.5, 0.6) is 0 Å². The van der Waals surface area contributed by atoms with Crippen LogP contribution in [0.15, 0.2) is 0 Å². The monoisotopic (exact) mass is 239 g/mol. The zero-order chi connectivity index (χ0) is 6.57. The molecule has 0 spiro atoms. The van der Waals surface area contributed by atoms with Gasteiger partial charge in [-0.25, -0.2) is 0 Å². The fourth-order valence-electron chi connectivity index (χ4n) is 0.288. The summed E-state index contributed by atoms with van der Waals surface area (Å²) in [5.74, 6) is 0. The second-order valence-electron chi connectivity index (χ2n) is 1.46. The highest BCUT2D eigenvalue weighted by Gasteiger charge is 2.10. The van der Waals surface area contributed by atoms with E-state index in [-0.39, 0.29) is 9.65 Å². The maximum atomic E-state index is 8.31. The first-order valence-corrected chi connectivity index (χ1v) is 4.23. The van der Waals surface area contributed by atoms with E-state index >= 15 is 0 Å². The van der Waals surface area contributed by atoms with Gasteiger partial charge in [-0.15, -0.1) is 0 Å². The minimum absolute atomic E-state index is 0.0486. The van der Waals surface area contributed by atoms with Gasteiger partial charge in [0.05, 0.1) is 6.07 Å². The van der Waals surface area contributed by atoms with Crippen LogP contribution in [0.2, 0.25) is 0 Å². The summed E-state index contributed by atoms with van der Waals surface area (Å²) in [4.78, 5) is 0.236. The number of hydrogen-bond donors (Lipinski definition) is 0. The van der Waals surface area contributed by atoms with Gasteiger partial charge in [0, 0.05) is 4.83 Å². The van der Waals surface area contributed by atoms with E-state index in [1.54, 1.807) is 0 Å². The summed E-state index contributed by atoms with van der Waals surface area (Å²) < 4.78 is 0. The molecule has 0 aliphatic rings. The maximum absolute atomic E-state index is 8.31. The first-order chi connectivity index (χ1) is 3.72. The molecule has 2 unspecified atom stereocenters. The molecule has 0 aromatic carbocycles. The van der Waals surface area contributed by atoms with Crippen molar-refractivity contribution in [3.8, 4) is 6.07 Å². The molecule has 0 saturated heterocycles. The standard InChI is InChI=1S/C5H7Br2N/c1-2-4(6)5(7)3-8/h4-5H,2H2,1H3. The highest BCUT2D eigenvalue weighted by molar-refractivity contribution is 9.12. The Morgan fingerprint density at radius 1 is 1.62 bits per heavy atom. The van der Waals surface area contributed by atoms with Crippen molar-refractivity contribution < 1.29 is 0 Å². The Morgan fingerprint density at radius 3 is 2.25 bits per heavy atom. The van der Waals surface area contributed by atoms with E-state index in [9.17, 15) is 0 Å². The molecule has 0 rings (SSSR count). The third kappa shape index (κ3) is 2.68. The minimum Gasteiger partial charge on any atom is -0.197 e. The van der Waals surface area contributed by atoms with E-state index in [1.165, 1.54) is 0 Å². The molecular weight excluding hydrogens is 234 g/mol. The number of nitriles is 1. The van der Waals surface area contributed by atoms with Gasteiger partial charge in [-0.2, -0.15) is 5.26 Å². The molecule has 0 heterocycles. The van der Waals surface area contributed by atoms with Gasteiger partial charge in [-0.1, -0.05) is 38.8 Å². The molecule has 0 saturated carbocycles. The number of alkyl halides is 2. The van der Waals surface area contributed by atoms with Gasteiger partial charge in [0.15, 0.2) is 0 Å². The molecule has 0 N–H and O–H groups in total. The van der Waals surface area contributed by atoms with Crippen LogP contribution < -0.4 is 0 Å². The van der Waals surface area contributed by atoms with E-state index in [4.69, 9.17) is 5.26 Å². The first kappa shape index (κ1) is 8.45. The average Bonchev–Trinajstić information content (AvgIpc) is 1.84. The third-order valence-corrected chi connectivity index (χ3v) is 3.56. The summed E-state index contributed by atoms with van der Waals surface area (Å²) in [5, 5.41) is 8.31. The quantitative estimate of drug-likeness (QED) is 0.681. The fourth-order valence-corrected chi connectivity index (χ4v) is 0.780. The summed E-state index contributed by atoms with van der Waals surface area (Å²) >= 11 is 6.53. The van der Waals surface area contributed by atoms with E-state index in [0.29, 0.717) is 0 Å². The lowest BCUT2D eigenvalue weighted by Crippen LogP contribution is -2.09.